The minimum absolute atomic E-state index is 0.452. The average molecular weight is 334 g/mol. The maximum atomic E-state index is 4.20. The van der Waals surface area contributed by atoms with Crippen LogP contribution in [0.15, 0.2) is 28.9 Å². The number of aryl methyl sites for hydroxylation is 1. The van der Waals surface area contributed by atoms with Gasteiger partial charge in [0.1, 0.15) is 12.2 Å². The summed E-state index contributed by atoms with van der Waals surface area (Å²) in [6.07, 6.45) is 1.88. The zero-order valence-electron chi connectivity index (χ0n) is 11.0. The molecule has 0 saturated carbocycles. The largest absolute Gasteiger partial charge is 0.244 e. The highest BCUT2D eigenvalue weighted by Gasteiger charge is 2.10. The van der Waals surface area contributed by atoms with E-state index in [1.165, 1.54) is 4.80 Å². The van der Waals surface area contributed by atoms with Crippen molar-refractivity contribution in [2.45, 2.75) is 13.5 Å². The van der Waals surface area contributed by atoms with Crippen LogP contribution in [0.25, 0.3) is 11.3 Å². The summed E-state index contributed by atoms with van der Waals surface area (Å²) in [5.74, 6) is 0.606. The van der Waals surface area contributed by atoms with Crippen LogP contribution >= 0.6 is 15.9 Å². The molecule has 3 rings (SSSR count). The Morgan fingerprint density at radius 3 is 2.80 bits per heavy atom. The molecule has 0 aliphatic heterocycles. The number of aromatic nitrogens is 7. The third-order valence-corrected chi connectivity index (χ3v) is 3.79. The number of benzene rings is 1. The Morgan fingerprint density at radius 2 is 2.05 bits per heavy atom. The maximum Gasteiger partial charge on any atom is 0.196 e. The molecule has 1 aromatic carbocycles. The van der Waals surface area contributed by atoms with Crippen molar-refractivity contribution in [3.05, 3.63) is 40.3 Å². The molecule has 0 amide bonds. The molecule has 102 valence electrons. The average Bonchev–Trinajstić information content (AvgIpc) is 3.03. The summed E-state index contributed by atoms with van der Waals surface area (Å²) >= 11 is 3.52. The van der Waals surface area contributed by atoms with Gasteiger partial charge in [-0.1, -0.05) is 33.3 Å². The zero-order valence-corrected chi connectivity index (χ0v) is 12.6. The Labute approximate surface area is 123 Å². The quantitative estimate of drug-likeness (QED) is 0.727. The van der Waals surface area contributed by atoms with Crippen LogP contribution in [-0.4, -0.2) is 35.2 Å². The normalized spacial score (nSPS) is 10.9. The van der Waals surface area contributed by atoms with E-state index >= 15 is 0 Å². The first kappa shape index (κ1) is 12.9. The van der Waals surface area contributed by atoms with Crippen LogP contribution in [0.5, 0.6) is 0 Å². The Kier molecular flexibility index (Phi) is 3.31. The third kappa shape index (κ3) is 2.46. The fourth-order valence-corrected chi connectivity index (χ4v) is 2.28. The van der Waals surface area contributed by atoms with Crippen molar-refractivity contribution in [2.24, 2.45) is 7.05 Å². The van der Waals surface area contributed by atoms with Crippen molar-refractivity contribution in [1.29, 1.82) is 0 Å². The van der Waals surface area contributed by atoms with E-state index in [0.717, 1.165) is 21.3 Å². The number of tetrazole rings is 1. The molecule has 2 heterocycles. The van der Waals surface area contributed by atoms with Gasteiger partial charge >= 0.3 is 0 Å². The maximum absolute atomic E-state index is 4.20. The Bertz CT molecular complexity index is 746. The molecule has 0 unspecified atom stereocenters. The fraction of sp³-hybridized carbons (Fsp3) is 0.250. The molecule has 20 heavy (non-hydrogen) atoms. The molecule has 0 fully saturated rings. The molecule has 2 aromatic heterocycles. The summed E-state index contributed by atoms with van der Waals surface area (Å²) in [7, 11) is 1.73. The van der Waals surface area contributed by atoms with Gasteiger partial charge in [-0.25, -0.2) is 4.68 Å². The first-order chi connectivity index (χ1) is 9.63. The van der Waals surface area contributed by atoms with E-state index in [-0.39, 0.29) is 0 Å². The minimum Gasteiger partial charge on any atom is -0.244 e. The number of rotatable bonds is 3. The van der Waals surface area contributed by atoms with Crippen LogP contribution in [-0.2, 0) is 13.6 Å². The molecule has 8 heteroatoms. The van der Waals surface area contributed by atoms with Gasteiger partial charge in [-0.15, -0.1) is 15.3 Å². The first-order valence-electron chi connectivity index (χ1n) is 6.02. The second-order valence-corrected chi connectivity index (χ2v) is 5.26. The van der Waals surface area contributed by atoms with Gasteiger partial charge in [0.05, 0.1) is 13.2 Å². The topological polar surface area (TPSA) is 74.3 Å². The minimum atomic E-state index is 0.452. The van der Waals surface area contributed by atoms with Gasteiger partial charge in [-0.05, 0) is 23.8 Å². The van der Waals surface area contributed by atoms with Gasteiger partial charge in [0.15, 0.2) is 5.82 Å². The van der Waals surface area contributed by atoms with E-state index in [0.29, 0.717) is 12.4 Å². The smallest absolute Gasteiger partial charge is 0.196 e. The molecular formula is C12H12BrN7. The Balaban J connectivity index is 1.88. The molecule has 0 aliphatic rings. The monoisotopic (exact) mass is 333 g/mol. The van der Waals surface area contributed by atoms with Crippen LogP contribution in [0.1, 0.15) is 11.4 Å². The van der Waals surface area contributed by atoms with Crippen LogP contribution in [0, 0.1) is 6.92 Å². The van der Waals surface area contributed by atoms with E-state index in [9.17, 15) is 0 Å². The van der Waals surface area contributed by atoms with Gasteiger partial charge in [0.25, 0.3) is 0 Å². The summed E-state index contributed by atoms with van der Waals surface area (Å²) in [4.78, 5) is 1.42. The van der Waals surface area contributed by atoms with Crippen molar-refractivity contribution in [3.63, 3.8) is 0 Å². The Hall–Kier alpha value is -2.09. The van der Waals surface area contributed by atoms with E-state index in [1.54, 1.807) is 11.7 Å². The van der Waals surface area contributed by atoms with E-state index in [4.69, 9.17) is 0 Å². The molecule has 7 nitrogen and oxygen atoms in total. The highest BCUT2D eigenvalue weighted by molar-refractivity contribution is 9.10. The van der Waals surface area contributed by atoms with E-state index in [1.807, 2.05) is 31.3 Å². The lowest BCUT2D eigenvalue weighted by atomic mass is 10.1. The third-order valence-electron chi connectivity index (χ3n) is 2.94. The molecule has 3 aromatic rings. The second kappa shape index (κ2) is 5.12. The van der Waals surface area contributed by atoms with Crippen LogP contribution in [0.4, 0.5) is 0 Å². The molecule has 0 bridgehead atoms. The van der Waals surface area contributed by atoms with Crippen molar-refractivity contribution >= 4 is 15.9 Å². The van der Waals surface area contributed by atoms with E-state index < -0.39 is 0 Å². The number of hydrogen-bond donors (Lipinski definition) is 0. The summed E-state index contributed by atoms with van der Waals surface area (Å²) in [6, 6.07) is 6.01. The first-order valence-corrected chi connectivity index (χ1v) is 6.81. The van der Waals surface area contributed by atoms with Gasteiger partial charge < -0.3 is 0 Å². The van der Waals surface area contributed by atoms with E-state index in [2.05, 4.69) is 41.7 Å². The molecular weight excluding hydrogens is 322 g/mol. The zero-order chi connectivity index (χ0) is 14.1. The lowest BCUT2D eigenvalue weighted by Gasteiger charge is -2.03. The van der Waals surface area contributed by atoms with Crippen LogP contribution in [0.2, 0.25) is 0 Å². The summed E-state index contributed by atoms with van der Waals surface area (Å²) < 4.78 is 2.76. The lowest BCUT2D eigenvalue weighted by molar-refractivity contribution is 0.607. The standard InChI is InChI=1S/C12H12BrN7/c1-8-9(4-3-5-10(8)13)11-6-20(18-14-11)7-12-15-17-19(2)16-12/h3-6H,7H2,1-2H3. The summed E-state index contributed by atoms with van der Waals surface area (Å²) in [6.45, 7) is 2.50. The molecule has 0 radical (unpaired) electrons. The summed E-state index contributed by atoms with van der Waals surface area (Å²) in [5.41, 5.74) is 3.02. The van der Waals surface area contributed by atoms with Crippen LogP contribution < -0.4 is 0 Å². The van der Waals surface area contributed by atoms with Gasteiger partial charge in [-0.3, -0.25) is 0 Å². The van der Waals surface area contributed by atoms with Crippen molar-refractivity contribution in [2.75, 3.05) is 0 Å². The molecule has 0 saturated heterocycles. The van der Waals surface area contributed by atoms with Gasteiger partial charge in [-0.2, -0.15) is 4.80 Å². The van der Waals surface area contributed by atoms with Crippen LogP contribution in [0.3, 0.4) is 0 Å². The van der Waals surface area contributed by atoms with Gasteiger partial charge in [0, 0.05) is 10.0 Å². The number of halogens is 1. The second-order valence-electron chi connectivity index (χ2n) is 4.41. The fourth-order valence-electron chi connectivity index (χ4n) is 1.92. The van der Waals surface area contributed by atoms with Gasteiger partial charge in [0.2, 0.25) is 0 Å². The molecule has 0 spiro atoms. The molecule has 0 N–H and O–H groups in total. The summed E-state index contributed by atoms with van der Waals surface area (Å²) in [5, 5.41) is 20.1. The molecule has 0 atom stereocenters. The van der Waals surface area contributed by atoms with Crippen molar-refractivity contribution in [1.82, 2.24) is 35.2 Å². The molecule has 0 aliphatic carbocycles. The Morgan fingerprint density at radius 1 is 1.20 bits per heavy atom. The SMILES string of the molecule is Cc1c(Br)cccc1-c1cn(Cc2nnn(C)n2)nn1. The highest BCUT2D eigenvalue weighted by atomic mass is 79.9. The van der Waals surface area contributed by atoms with Crippen molar-refractivity contribution in [3.8, 4) is 11.3 Å². The number of nitrogens with zero attached hydrogens (tertiary/aromatic N) is 7. The lowest BCUT2D eigenvalue weighted by Crippen LogP contribution is -2.03. The number of hydrogen-bond acceptors (Lipinski definition) is 5. The predicted octanol–water partition coefficient (Wildman–Crippen LogP) is 1.59. The predicted molar refractivity (Wildman–Crippen MR) is 75.8 cm³/mol. The highest BCUT2D eigenvalue weighted by Crippen LogP contribution is 2.26. The van der Waals surface area contributed by atoms with Crippen molar-refractivity contribution < 1.29 is 0 Å².